The standard InChI is InChI=1S/C8H9Cl/c1-2-3-4-5-6-7-8-9/h2,5,8H2,1H3. The fourth-order valence-corrected chi connectivity index (χ4v) is 0.436. The zero-order chi connectivity index (χ0) is 6.95. The average molecular weight is 141 g/mol. The van der Waals surface area contributed by atoms with Gasteiger partial charge in [-0.3, -0.25) is 0 Å². The van der Waals surface area contributed by atoms with Crippen molar-refractivity contribution in [2.45, 2.75) is 19.8 Å². The van der Waals surface area contributed by atoms with E-state index in [1.54, 1.807) is 0 Å². The van der Waals surface area contributed by atoms with Crippen molar-refractivity contribution in [3.05, 3.63) is 0 Å². The minimum Gasteiger partial charge on any atom is -0.113 e. The van der Waals surface area contributed by atoms with Crippen molar-refractivity contribution in [2.24, 2.45) is 0 Å². The Kier molecular flexibility index (Phi) is 6.92. The molecule has 0 saturated carbocycles. The first-order chi connectivity index (χ1) is 4.41. The van der Waals surface area contributed by atoms with E-state index in [1.165, 1.54) is 0 Å². The van der Waals surface area contributed by atoms with Crippen LogP contribution in [0.3, 0.4) is 0 Å². The van der Waals surface area contributed by atoms with Gasteiger partial charge in [0.15, 0.2) is 0 Å². The van der Waals surface area contributed by atoms with Crippen LogP contribution in [0, 0.1) is 23.7 Å². The Bertz CT molecular complexity index is 140. The molecule has 0 aliphatic heterocycles. The lowest BCUT2D eigenvalue weighted by molar-refractivity contribution is 1.27. The van der Waals surface area contributed by atoms with Crippen LogP contribution < -0.4 is 0 Å². The van der Waals surface area contributed by atoms with Crippen LogP contribution in [0.5, 0.6) is 0 Å². The minimum atomic E-state index is 0.411. The molecule has 48 valence electrons. The molecular weight excluding hydrogens is 132 g/mol. The van der Waals surface area contributed by atoms with Crippen LogP contribution in [0.2, 0.25) is 0 Å². The second-order valence-electron chi connectivity index (χ2n) is 1.37. The van der Waals surface area contributed by atoms with Gasteiger partial charge in [0.05, 0.1) is 12.3 Å². The van der Waals surface area contributed by atoms with Crippen molar-refractivity contribution in [3.63, 3.8) is 0 Å². The maximum absolute atomic E-state index is 5.29. The maximum atomic E-state index is 5.29. The first-order valence-electron chi connectivity index (χ1n) is 2.89. The van der Waals surface area contributed by atoms with Crippen molar-refractivity contribution in [3.8, 4) is 23.7 Å². The Labute approximate surface area is 61.6 Å². The van der Waals surface area contributed by atoms with Gasteiger partial charge < -0.3 is 0 Å². The Morgan fingerprint density at radius 1 is 1.11 bits per heavy atom. The Morgan fingerprint density at radius 2 is 1.78 bits per heavy atom. The average Bonchev–Trinajstić information content (AvgIpc) is 1.89. The lowest BCUT2D eigenvalue weighted by atomic mass is 10.4. The lowest BCUT2D eigenvalue weighted by Crippen LogP contribution is -1.62. The highest BCUT2D eigenvalue weighted by molar-refractivity contribution is 6.19. The smallest absolute Gasteiger partial charge is 0.0835 e. The van der Waals surface area contributed by atoms with Crippen molar-refractivity contribution in [2.75, 3.05) is 5.88 Å². The van der Waals surface area contributed by atoms with Gasteiger partial charge in [-0.2, -0.15) is 0 Å². The van der Waals surface area contributed by atoms with Crippen molar-refractivity contribution >= 4 is 11.6 Å². The number of halogens is 1. The number of rotatable bonds is 0. The van der Waals surface area contributed by atoms with E-state index in [4.69, 9.17) is 11.6 Å². The van der Waals surface area contributed by atoms with Gasteiger partial charge >= 0.3 is 0 Å². The molecule has 0 aromatic heterocycles. The number of alkyl halides is 1. The molecular formula is C8H9Cl. The molecule has 0 aliphatic rings. The van der Waals surface area contributed by atoms with Gasteiger partial charge in [0.2, 0.25) is 0 Å². The molecule has 0 aromatic rings. The van der Waals surface area contributed by atoms with E-state index in [-0.39, 0.29) is 0 Å². The van der Waals surface area contributed by atoms with Gasteiger partial charge in [-0.25, -0.2) is 0 Å². The SMILES string of the molecule is CCC#CCC#CCCl. The summed E-state index contributed by atoms with van der Waals surface area (Å²) in [6.45, 7) is 2.02. The molecule has 9 heavy (non-hydrogen) atoms. The summed E-state index contributed by atoms with van der Waals surface area (Å²) in [4.78, 5) is 0. The van der Waals surface area contributed by atoms with E-state index >= 15 is 0 Å². The topological polar surface area (TPSA) is 0 Å². The van der Waals surface area contributed by atoms with E-state index in [0.29, 0.717) is 12.3 Å². The van der Waals surface area contributed by atoms with E-state index in [9.17, 15) is 0 Å². The summed E-state index contributed by atoms with van der Waals surface area (Å²) in [5.41, 5.74) is 0. The molecule has 0 fully saturated rings. The summed E-state index contributed by atoms with van der Waals surface area (Å²) in [5.74, 6) is 11.7. The van der Waals surface area contributed by atoms with Crippen molar-refractivity contribution < 1.29 is 0 Å². The molecule has 0 unspecified atom stereocenters. The van der Waals surface area contributed by atoms with Crippen molar-refractivity contribution in [1.82, 2.24) is 0 Å². The molecule has 0 aromatic carbocycles. The van der Waals surface area contributed by atoms with Gasteiger partial charge in [0.1, 0.15) is 0 Å². The number of hydrogen-bond acceptors (Lipinski definition) is 0. The Balaban J connectivity index is 3.28. The third kappa shape index (κ3) is 7.41. The molecule has 0 saturated heterocycles. The number of hydrogen-bond donors (Lipinski definition) is 0. The molecule has 0 rings (SSSR count). The molecule has 1 heteroatoms. The molecule has 0 nitrogen and oxygen atoms in total. The summed E-state index contributed by atoms with van der Waals surface area (Å²) < 4.78 is 0. The van der Waals surface area contributed by atoms with Crippen LogP contribution in [-0.4, -0.2) is 5.88 Å². The molecule has 0 spiro atoms. The van der Waals surface area contributed by atoms with Gasteiger partial charge in [-0.15, -0.1) is 17.5 Å². The highest BCUT2D eigenvalue weighted by Gasteiger charge is 1.64. The zero-order valence-corrected chi connectivity index (χ0v) is 6.26. The predicted molar refractivity (Wildman–Crippen MR) is 41.2 cm³/mol. The quantitative estimate of drug-likeness (QED) is 0.357. The summed E-state index contributed by atoms with van der Waals surface area (Å²) in [5, 5.41) is 0. The second kappa shape index (κ2) is 7.41. The third-order valence-corrected chi connectivity index (χ3v) is 0.804. The van der Waals surface area contributed by atoms with Gasteiger partial charge in [0.25, 0.3) is 0 Å². The Hall–Kier alpha value is -0.590. The molecule has 0 bridgehead atoms. The van der Waals surface area contributed by atoms with E-state index in [1.807, 2.05) is 6.92 Å². The molecule has 0 aliphatic carbocycles. The summed E-state index contributed by atoms with van der Waals surface area (Å²) >= 11 is 5.29. The molecule has 0 N–H and O–H groups in total. The van der Waals surface area contributed by atoms with Crippen LogP contribution in [0.1, 0.15) is 19.8 Å². The Morgan fingerprint density at radius 3 is 2.33 bits per heavy atom. The van der Waals surface area contributed by atoms with Crippen LogP contribution in [0.4, 0.5) is 0 Å². The maximum Gasteiger partial charge on any atom is 0.0835 e. The summed E-state index contributed by atoms with van der Waals surface area (Å²) in [6, 6.07) is 0. The fourth-order valence-electron chi connectivity index (χ4n) is 0.341. The van der Waals surface area contributed by atoms with Crippen LogP contribution in [-0.2, 0) is 0 Å². The predicted octanol–water partition coefficient (Wildman–Crippen LogP) is 2.03. The monoisotopic (exact) mass is 140 g/mol. The molecule has 0 amide bonds. The third-order valence-electron chi connectivity index (χ3n) is 0.670. The minimum absolute atomic E-state index is 0.411. The van der Waals surface area contributed by atoms with Crippen molar-refractivity contribution in [1.29, 1.82) is 0 Å². The molecule has 0 atom stereocenters. The summed E-state index contributed by atoms with van der Waals surface area (Å²) in [7, 11) is 0. The van der Waals surface area contributed by atoms with Crippen LogP contribution in [0.25, 0.3) is 0 Å². The second-order valence-corrected chi connectivity index (χ2v) is 1.64. The van der Waals surface area contributed by atoms with E-state index < -0.39 is 0 Å². The van der Waals surface area contributed by atoms with E-state index in [2.05, 4.69) is 23.7 Å². The highest BCUT2D eigenvalue weighted by Crippen LogP contribution is 1.74. The highest BCUT2D eigenvalue weighted by atomic mass is 35.5. The lowest BCUT2D eigenvalue weighted by Gasteiger charge is -1.69. The summed E-state index contributed by atoms with van der Waals surface area (Å²) in [6.07, 6.45) is 1.56. The van der Waals surface area contributed by atoms with E-state index in [0.717, 1.165) is 6.42 Å². The van der Waals surface area contributed by atoms with Gasteiger partial charge in [-0.1, -0.05) is 24.7 Å². The van der Waals surface area contributed by atoms with Crippen LogP contribution in [0.15, 0.2) is 0 Å². The van der Waals surface area contributed by atoms with Crippen LogP contribution >= 0.6 is 11.6 Å². The molecule has 0 radical (unpaired) electrons. The normalized spacial score (nSPS) is 6.44. The zero-order valence-electron chi connectivity index (χ0n) is 5.50. The first kappa shape index (κ1) is 8.41. The fraction of sp³-hybridized carbons (Fsp3) is 0.500. The molecule has 0 heterocycles. The first-order valence-corrected chi connectivity index (χ1v) is 3.42. The largest absolute Gasteiger partial charge is 0.113 e. The van der Waals surface area contributed by atoms with Gasteiger partial charge in [-0.05, 0) is 0 Å². The van der Waals surface area contributed by atoms with Gasteiger partial charge in [0, 0.05) is 6.42 Å².